The van der Waals surface area contributed by atoms with Crippen molar-refractivity contribution in [3.63, 3.8) is 0 Å². The van der Waals surface area contributed by atoms with E-state index in [9.17, 15) is 4.79 Å². The smallest absolute Gasteiger partial charge is 0.319 e. The summed E-state index contributed by atoms with van der Waals surface area (Å²) in [6.07, 6.45) is 0. The van der Waals surface area contributed by atoms with Crippen LogP contribution in [0, 0.1) is 0 Å². The molecule has 0 bridgehead atoms. The molecular weight excluding hydrogens is 280 g/mol. The highest BCUT2D eigenvalue weighted by molar-refractivity contribution is 5.91. The third kappa shape index (κ3) is 3.91. The van der Waals surface area contributed by atoms with Gasteiger partial charge in [0.25, 0.3) is 0 Å². The molecule has 0 aliphatic heterocycles. The molecule has 2 aromatic rings. The van der Waals surface area contributed by atoms with E-state index < -0.39 is 0 Å². The molecule has 0 aliphatic rings. The van der Waals surface area contributed by atoms with E-state index in [1.54, 1.807) is 32.4 Å². The van der Waals surface area contributed by atoms with Crippen molar-refractivity contribution in [1.29, 1.82) is 0 Å². The quantitative estimate of drug-likeness (QED) is 0.887. The number of anilines is 1. The topological polar surface area (TPSA) is 59.6 Å². The maximum Gasteiger partial charge on any atom is 0.319 e. The number of hydrogen-bond acceptors (Lipinski definition) is 3. The molecule has 2 amide bonds. The Morgan fingerprint density at radius 3 is 2.41 bits per heavy atom. The van der Waals surface area contributed by atoms with Crippen LogP contribution in [0.3, 0.4) is 0 Å². The molecule has 0 spiro atoms. The van der Waals surface area contributed by atoms with Crippen LogP contribution >= 0.6 is 0 Å². The van der Waals surface area contributed by atoms with Crippen LogP contribution in [-0.4, -0.2) is 20.3 Å². The second kappa shape index (κ2) is 7.36. The second-order valence-corrected chi connectivity index (χ2v) is 4.80. The minimum absolute atomic E-state index is 0.0993. The standard InChI is InChI=1S/C17H20N2O3/c1-12(13-7-5-4-6-8-13)18-17(20)19-15-11-14(21-2)9-10-16(15)22-3/h4-12H,1-3H3,(H2,18,19,20)/t12-/m1/s1. The Morgan fingerprint density at radius 2 is 1.77 bits per heavy atom. The van der Waals surface area contributed by atoms with Gasteiger partial charge in [-0.3, -0.25) is 0 Å². The van der Waals surface area contributed by atoms with Gasteiger partial charge in [0.2, 0.25) is 0 Å². The molecule has 5 nitrogen and oxygen atoms in total. The van der Waals surface area contributed by atoms with Crippen LogP contribution < -0.4 is 20.1 Å². The van der Waals surface area contributed by atoms with E-state index >= 15 is 0 Å². The van der Waals surface area contributed by atoms with Crippen LogP contribution in [-0.2, 0) is 0 Å². The van der Waals surface area contributed by atoms with Gasteiger partial charge in [-0.2, -0.15) is 0 Å². The van der Waals surface area contributed by atoms with Crippen molar-refractivity contribution in [2.45, 2.75) is 13.0 Å². The number of methoxy groups -OCH3 is 2. The predicted octanol–water partition coefficient (Wildman–Crippen LogP) is 3.59. The lowest BCUT2D eigenvalue weighted by Crippen LogP contribution is -2.31. The van der Waals surface area contributed by atoms with Gasteiger partial charge >= 0.3 is 6.03 Å². The number of rotatable bonds is 5. The van der Waals surface area contributed by atoms with Crippen LogP contribution in [0.15, 0.2) is 48.5 Å². The summed E-state index contributed by atoms with van der Waals surface area (Å²) in [4.78, 5) is 12.1. The zero-order chi connectivity index (χ0) is 15.9. The van der Waals surface area contributed by atoms with E-state index in [1.807, 2.05) is 37.3 Å². The van der Waals surface area contributed by atoms with E-state index in [1.165, 1.54) is 0 Å². The first-order chi connectivity index (χ1) is 10.6. The molecule has 1 atom stereocenters. The van der Waals surface area contributed by atoms with E-state index in [-0.39, 0.29) is 12.1 Å². The average Bonchev–Trinajstić information content (AvgIpc) is 2.55. The largest absolute Gasteiger partial charge is 0.497 e. The lowest BCUT2D eigenvalue weighted by Gasteiger charge is -2.16. The first-order valence-electron chi connectivity index (χ1n) is 6.98. The molecule has 0 aromatic heterocycles. The Labute approximate surface area is 130 Å². The van der Waals surface area contributed by atoms with Crippen LogP contribution in [0.5, 0.6) is 11.5 Å². The van der Waals surface area contributed by atoms with E-state index in [4.69, 9.17) is 9.47 Å². The maximum atomic E-state index is 12.1. The van der Waals surface area contributed by atoms with Gasteiger partial charge in [0.1, 0.15) is 11.5 Å². The number of ether oxygens (including phenoxy) is 2. The minimum Gasteiger partial charge on any atom is -0.497 e. The molecule has 2 rings (SSSR count). The van der Waals surface area contributed by atoms with Gasteiger partial charge in [-0.25, -0.2) is 4.79 Å². The van der Waals surface area contributed by atoms with Crippen molar-refractivity contribution < 1.29 is 14.3 Å². The molecule has 5 heteroatoms. The van der Waals surface area contributed by atoms with Crippen molar-refractivity contribution >= 4 is 11.7 Å². The number of urea groups is 1. The summed E-state index contributed by atoms with van der Waals surface area (Å²) in [5, 5.41) is 5.67. The highest BCUT2D eigenvalue weighted by Crippen LogP contribution is 2.28. The zero-order valence-electron chi connectivity index (χ0n) is 12.9. The molecule has 0 saturated heterocycles. The molecular formula is C17H20N2O3. The van der Waals surface area contributed by atoms with Crippen molar-refractivity contribution in [1.82, 2.24) is 5.32 Å². The first kappa shape index (κ1) is 15.7. The summed E-state index contributed by atoms with van der Waals surface area (Å²) in [5.74, 6) is 1.22. The second-order valence-electron chi connectivity index (χ2n) is 4.80. The summed E-state index contributed by atoms with van der Waals surface area (Å²) in [6.45, 7) is 1.93. The normalized spacial score (nSPS) is 11.4. The Bertz CT molecular complexity index is 629. The lowest BCUT2D eigenvalue weighted by molar-refractivity contribution is 0.249. The van der Waals surface area contributed by atoms with Gasteiger partial charge in [-0.05, 0) is 24.6 Å². The third-order valence-electron chi connectivity index (χ3n) is 3.30. The predicted molar refractivity (Wildman–Crippen MR) is 86.6 cm³/mol. The number of amides is 2. The SMILES string of the molecule is COc1ccc(OC)c(NC(=O)N[C@H](C)c2ccccc2)c1. The third-order valence-corrected chi connectivity index (χ3v) is 3.30. The zero-order valence-corrected chi connectivity index (χ0v) is 12.9. The van der Waals surface area contributed by atoms with Gasteiger partial charge in [-0.1, -0.05) is 30.3 Å². The molecule has 2 N–H and O–H groups in total. The van der Waals surface area contributed by atoms with E-state index in [2.05, 4.69) is 10.6 Å². The summed E-state index contributed by atoms with van der Waals surface area (Å²) < 4.78 is 10.4. The van der Waals surface area contributed by atoms with Gasteiger partial charge in [0.15, 0.2) is 0 Å². The molecule has 0 heterocycles. The molecule has 0 unspecified atom stereocenters. The number of hydrogen-bond donors (Lipinski definition) is 2. The minimum atomic E-state index is -0.303. The average molecular weight is 300 g/mol. The van der Waals surface area contributed by atoms with Crippen LogP contribution in [0.4, 0.5) is 10.5 Å². The number of nitrogens with one attached hydrogen (secondary N) is 2. The van der Waals surface area contributed by atoms with Crippen molar-refractivity contribution in [2.24, 2.45) is 0 Å². The summed E-state index contributed by atoms with van der Waals surface area (Å²) >= 11 is 0. The fraction of sp³-hybridized carbons (Fsp3) is 0.235. The van der Waals surface area contributed by atoms with Crippen molar-refractivity contribution in [2.75, 3.05) is 19.5 Å². The van der Waals surface area contributed by atoms with E-state index in [0.717, 1.165) is 5.56 Å². The van der Waals surface area contributed by atoms with Crippen LogP contribution in [0.2, 0.25) is 0 Å². The van der Waals surface area contributed by atoms with Gasteiger partial charge in [0.05, 0.1) is 25.9 Å². The van der Waals surface area contributed by atoms with Gasteiger partial charge in [-0.15, -0.1) is 0 Å². The van der Waals surface area contributed by atoms with Crippen LogP contribution in [0.25, 0.3) is 0 Å². The highest BCUT2D eigenvalue weighted by atomic mass is 16.5. The van der Waals surface area contributed by atoms with Crippen molar-refractivity contribution in [3.8, 4) is 11.5 Å². The Morgan fingerprint density at radius 1 is 1.05 bits per heavy atom. The molecule has 2 aromatic carbocycles. The maximum absolute atomic E-state index is 12.1. The Kier molecular flexibility index (Phi) is 5.25. The first-order valence-corrected chi connectivity index (χ1v) is 6.98. The van der Waals surface area contributed by atoms with E-state index in [0.29, 0.717) is 17.2 Å². The number of benzene rings is 2. The summed E-state index contributed by atoms with van der Waals surface area (Å²) in [6, 6.07) is 14.6. The molecule has 0 fully saturated rings. The Balaban J connectivity index is 2.05. The highest BCUT2D eigenvalue weighted by Gasteiger charge is 2.12. The fourth-order valence-electron chi connectivity index (χ4n) is 2.09. The molecule has 116 valence electrons. The van der Waals surface area contributed by atoms with Crippen molar-refractivity contribution in [3.05, 3.63) is 54.1 Å². The van der Waals surface area contributed by atoms with Gasteiger partial charge < -0.3 is 20.1 Å². The number of carbonyl (C=O) groups excluding carboxylic acids is 1. The number of carbonyl (C=O) groups is 1. The summed E-state index contributed by atoms with van der Waals surface area (Å²) in [5.41, 5.74) is 1.59. The molecule has 0 saturated carbocycles. The van der Waals surface area contributed by atoms with Gasteiger partial charge in [0, 0.05) is 6.07 Å². The fourth-order valence-corrected chi connectivity index (χ4v) is 2.09. The van der Waals surface area contributed by atoms with Crippen LogP contribution in [0.1, 0.15) is 18.5 Å². The summed E-state index contributed by atoms with van der Waals surface area (Å²) in [7, 11) is 3.13. The molecule has 0 aliphatic carbocycles. The lowest BCUT2D eigenvalue weighted by atomic mass is 10.1. The molecule has 22 heavy (non-hydrogen) atoms. The molecule has 0 radical (unpaired) electrons. The monoisotopic (exact) mass is 300 g/mol. The Hall–Kier alpha value is -2.69.